The topological polar surface area (TPSA) is 46.0 Å². The van der Waals surface area contributed by atoms with E-state index in [2.05, 4.69) is 9.97 Å². The Bertz CT molecular complexity index is 719. The predicted molar refractivity (Wildman–Crippen MR) is 74.8 cm³/mol. The minimum atomic E-state index is -0.729. The van der Waals surface area contributed by atoms with Gasteiger partial charge in [-0.15, -0.1) is 0 Å². The summed E-state index contributed by atoms with van der Waals surface area (Å²) in [5, 5.41) is 12.6. The molecule has 0 fully saturated rings. The number of aryl methyl sites for hydroxylation is 1. The summed E-state index contributed by atoms with van der Waals surface area (Å²) in [7, 11) is 0. The van der Waals surface area contributed by atoms with E-state index in [0.717, 1.165) is 21.9 Å². The van der Waals surface area contributed by atoms with Gasteiger partial charge in [-0.05, 0) is 41.6 Å². The van der Waals surface area contributed by atoms with Crippen LogP contribution in [0.3, 0.4) is 0 Å². The molecule has 1 aromatic carbocycles. The summed E-state index contributed by atoms with van der Waals surface area (Å²) in [5.41, 5.74) is 2.59. The van der Waals surface area contributed by atoms with E-state index in [-0.39, 0.29) is 0 Å². The molecule has 2 heterocycles. The standard InChI is InChI=1S/C16H14N2O/c1-11-5-8-18-15(9-11)16(19)13-4-2-3-12-6-7-17-10-14(12)13/h2-10,16,19H,1H3. The van der Waals surface area contributed by atoms with Gasteiger partial charge in [-0.25, -0.2) is 0 Å². The quantitative estimate of drug-likeness (QED) is 0.760. The van der Waals surface area contributed by atoms with Crippen molar-refractivity contribution in [2.24, 2.45) is 0 Å². The van der Waals surface area contributed by atoms with Crippen LogP contribution in [0.25, 0.3) is 10.8 Å². The van der Waals surface area contributed by atoms with Crippen LogP contribution in [-0.4, -0.2) is 15.1 Å². The average molecular weight is 250 g/mol. The smallest absolute Gasteiger partial charge is 0.122 e. The maximum atomic E-state index is 10.5. The summed E-state index contributed by atoms with van der Waals surface area (Å²) in [6.07, 6.45) is 4.53. The fourth-order valence-electron chi connectivity index (χ4n) is 2.24. The SMILES string of the molecule is Cc1ccnc(C(O)c2cccc3ccncc23)c1. The summed E-state index contributed by atoms with van der Waals surface area (Å²) in [6.45, 7) is 1.99. The Morgan fingerprint density at radius 2 is 2.00 bits per heavy atom. The van der Waals surface area contributed by atoms with Crippen LogP contribution in [-0.2, 0) is 0 Å². The molecule has 0 aliphatic heterocycles. The molecule has 2 aromatic heterocycles. The van der Waals surface area contributed by atoms with Crippen LogP contribution in [0.2, 0.25) is 0 Å². The van der Waals surface area contributed by atoms with Crippen molar-refractivity contribution in [2.75, 3.05) is 0 Å². The van der Waals surface area contributed by atoms with Crippen molar-refractivity contribution in [3.05, 3.63) is 71.8 Å². The number of pyridine rings is 2. The van der Waals surface area contributed by atoms with Gasteiger partial charge in [0.2, 0.25) is 0 Å². The second kappa shape index (κ2) is 4.78. The number of aliphatic hydroxyl groups is 1. The lowest BCUT2D eigenvalue weighted by atomic mass is 9.99. The average Bonchev–Trinajstić information content (AvgIpc) is 2.46. The lowest BCUT2D eigenvalue weighted by Crippen LogP contribution is -2.03. The fraction of sp³-hybridized carbons (Fsp3) is 0.125. The van der Waals surface area contributed by atoms with Crippen molar-refractivity contribution in [1.29, 1.82) is 0 Å². The number of hydrogen-bond acceptors (Lipinski definition) is 3. The van der Waals surface area contributed by atoms with Gasteiger partial charge in [0.15, 0.2) is 0 Å². The van der Waals surface area contributed by atoms with Gasteiger partial charge in [-0.2, -0.15) is 0 Å². The Kier molecular flexibility index (Phi) is 2.97. The molecule has 3 aromatic rings. The monoisotopic (exact) mass is 250 g/mol. The van der Waals surface area contributed by atoms with Crippen molar-refractivity contribution < 1.29 is 5.11 Å². The Hall–Kier alpha value is -2.26. The summed E-state index contributed by atoms with van der Waals surface area (Å²) in [5.74, 6) is 0. The van der Waals surface area contributed by atoms with Gasteiger partial charge in [0.05, 0.1) is 5.69 Å². The fourth-order valence-corrected chi connectivity index (χ4v) is 2.24. The number of fused-ring (bicyclic) bond motifs is 1. The molecule has 3 rings (SSSR count). The maximum Gasteiger partial charge on any atom is 0.122 e. The first-order valence-corrected chi connectivity index (χ1v) is 6.19. The van der Waals surface area contributed by atoms with Gasteiger partial charge in [0.25, 0.3) is 0 Å². The molecule has 0 aliphatic rings. The second-order valence-electron chi connectivity index (χ2n) is 4.60. The number of benzene rings is 1. The summed E-state index contributed by atoms with van der Waals surface area (Å²) < 4.78 is 0. The molecule has 0 amide bonds. The second-order valence-corrected chi connectivity index (χ2v) is 4.60. The Labute approximate surface area is 111 Å². The lowest BCUT2D eigenvalue weighted by Gasteiger charge is -2.13. The van der Waals surface area contributed by atoms with E-state index in [0.29, 0.717) is 5.69 Å². The van der Waals surface area contributed by atoms with E-state index in [1.807, 2.05) is 43.3 Å². The van der Waals surface area contributed by atoms with Crippen LogP contribution < -0.4 is 0 Å². The van der Waals surface area contributed by atoms with E-state index in [1.165, 1.54) is 0 Å². The zero-order valence-electron chi connectivity index (χ0n) is 10.6. The molecule has 0 saturated heterocycles. The molecule has 1 atom stereocenters. The van der Waals surface area contributed by atoms with Crippen molar-refractivity contribution in [3.63, 3.8) is 0 Å². The summed E-state index contributed by atoms with van der Waals surface area (Å²) >= 11 is 0. The largest absolute Gasteiger partial charge is 0.382 e. The van der Waals surface area contributed by atoms with Crippen LogP contribution in [0.4, 0.5) is 0 Å². The molecule has 0 saturated carbocycles. The molecular weight excluding hydrogens is 236 g/mol. The zero-order valence-corrected chi connectivity index (χ0v) is 10.6. The van der Waals surface area contributed by atoms with E-state index in [4.69, 9.17) is 0 Å². The maximum absolute atomic E-state index is 10.5. The first-order valence-electron chi connectivity index (χ1n) is 6.19. The first kappa shape index (κ1) is 11.8. The molecule has 1 N–H and O–H groups in total. The number of rotatable bonds is 2. The Balaban J connectivity index is 2.14. The van der Waals surface area contributed by atoms with Crippen LogP contribution >= 0.6 is 0 Å². The van der Waals surface area contributed by atoms with E-state index < -0.39 is 6.10 Å². The van der Waals surface area contributed by atoms with Crippen molar-refractivity contribution in [1.82, 2.24) is 9.97 Å². The Morgan fingerprint density at radius 3 is 2.84 bits per heavy atom. The molecule has 0 spiro atoms. The molecule has 3 heteroatoms. The normalized spacial score (nSPS) is 12.5. The van der Waals surface area contributed by atoms with Crippen LogP contribution in [0.15, 0.2) is 55.0 Å². The summed E-state index contributed by atoms with van der Waals surface area (Å²) in [4.78, 5) is 8.39. The number of aliphatic hydroxyl groups excluding tert-OH is 1. The van der Waals surface area contributed by atoms with Crippen LogP contribution in [0.5, 0.6) is 0 Å². The highest BCUT2D eigenvalue weighted by molar-refractivity contribution is 5.85. The van der Waals surface area contributed by atoms with Gasteiger partial charge in [0, 0.05) is 24.0 Å². The van der Waals surface area contributed by atoms with Gasteiger partial charge in [0.1, 0.15) is 6.10 Å². The number of nitrogens with zero attached hydrogens (tertiary/aromatic N) is 2. The van der Waals surface area contributed by atoms with Gasteiger partial charge >= 0.3 is 0 Å². The minimum absolute atomic E-state index is 0.663. The van der Waals surface area contributed by atoms with E-state index in [9.17, 15) is 5.11 Å². The molecule has 0 aliphatic carbocycles. The first-order chi connectivity index (χ1) is 9.25. The molecule has 19 heavy (non-hydrogen) atoms. The molecule has 0 bridgehead atoms. The third-order valence-electron chi connectivity index (χ3n) is 3.23. The number of hydrogen-bond donors (Lipinski definition) is 1. The van der Waals surface area contributed by atoms with Crippen molar-refractivity contribution >= 4 is 10.8 Å². The lowest BCUT2D eigenvalue weighted by molar-refractivity contribution is 0.217. The van der Waals surface area contributed by atoms with Gasteiger partial charge < -0.3 is 5.11 Å². The third kappa shape index (κ3) is 2.20. The van der Waals surface area contributed by atoms with Crippen LogP contribution in [0, 0.1) is 6.92 Å². The highest BCUT2D eigenvalue weighted by atomic mass is 16.3. The van der Waals surface area contributed by atoms with E-state index in [1.54, 1.807) is 18.6 Å². The highest BCUT2D eigenvalue weighted by Gasteiger charge is 2.14. The van der Waals surface area contributed by atoms with Gasteiger partial charge in [-0.3, -0.25) is 9.97 Å². The molecule has 0 radical (unpaired) electrons. The number of aromatic nitrogens is 2. The Morgan fingerprint density at radius 1 is 1.11 bits per heavy atom. The molecule has 94 valence electrons. The third-order valence-corrected chi connectivity index (χ3v) is 3.23. The summed E-state index contributed by atoms with van der Waals surface area (Å²) in [6, 6.07) is 11.6. The van der Waals surface area contributed by atoms with Crippen molar-refractivity contribution in [2.45, 2.75) is 13.0 Å². The predicted octanol–water partition coefficient (Wildman–Crippen LogP) is 3.02. The van der Waals surface area contributed by atoms with E-state index >= 15 is 0 Å². The van der Waals surface area contributed by atoms with Crippen molar-refractivity contribution in [3.8, 4) is 0 Å². The highest BCUT2D eigenvalue weighted by Crippen LogP contribution is 2.27. The zero-order chi connectivity index (χ0) is 13.2. The van der Waals surface area contributed by atoms with Gasteiger partial charge in [-0.1, -0.05) is 18.2 Å². The molecule has 3 nitrogen and oxygen atoms in total. The minimum Gasteiger partial charge on any atom is -0.382 e. The molecule has 1 unspecified atom stereocenters. The van der Waals surface area contributed by atoms with Crippen LogP contribution in [0.1, 0.15) is 22.9 Å². The molecular formula is C16H14N2O.